The van der Waals surface area contributed by atoms with Crippen LogP contribution >= 0.6 is 0 Å². The van der Waals surface area contributed by atoms with Gasteiger partial charge in [-0.1, -0.05) is 56.3 Å². The third-order valence-corrected chi connectivity index (χ3v) is 7.53. The van der Waals surface area contributed by atoms with Crippen LogP contribution in [0.15, 0.2) is 54.6 Å². The second kappa shape index (κ2) is 11.8. The van der Waals surface area contributed by atoms with Crippen molar-refractivity contribution >= 4 is 27.7 Å². The van der Waals surface area contributed by atoms with Crippen LogP contribution in [-0.2, 0) is 16.4 Å². The van der Waals surface area contributed by atoms with Crippen molar-refractivity contribution in [2.45, 2.75) is 45.2 Å². The minimum absolute atomic E-state index is 0.302. The molecule has 1 aliphatic rings. The summed E-state index contributed by atoms with van der Waals surface area (Å²) in [5.41, 5.74) is 8.42. The number of nitrogens with one attached hydrogen (secondary N) is 1. The van der Waals surface area contributed by atoms with Gasteiger partial charge >= 0.3 is 0 Å². The molecule has 2 aromatic rings. The number of nitrogens with two attached hydrogens (primary N) is 1. The van der Waals surface area contributed by atoms with Gasteiger partial charge in [-0.3, -0.25) is 9.10 Å². The van der Waals surface area contributed by atoms with Gasteiger partial charge in [0.2, 0.25) is 10.0 Å². The fourth-order valence-corrected chi connectivity index (χ4v) is 5.09. The molecule has 35 heavy (non-hydrogen) atoms. The molecule has 1 aliphatic carbocycles. The Morgan fingerprint density at radius 1 is 1.26 bits per heavy atom. The fourth-order valence-electron chi connectivity index (χ4n) is 4.09. The van der Waals surface area contributed by atoms with Crippen LogP contribution in [0.25, 0.3) is 6.08 Å². The van der Waals surface area contributed by atoms with Crippen molar-refractivity contribution in [3.05, 3.63) is 71.3 Å². The second-order valence-electron chi connectivity index (χ2n) is 9.47. The molecular formula is C27H36FN3O3S. The largest absolute Gasteiger partial charge is 0.347 e. The number of amides is 1. The molecule has 1 fully saturated rings. The molecule has 0 aliphatic heterocycles. The first-order valence-corrected chi connectivity index (χ1v) is 13.9. The molecule has 0 saturated heterocycles. The highest BCUT2D eigenvalue weighted by Gasteiger charge is 2.29. The summed E-state index contributed by atoms with van der Waals surface area (Å²) < 4.78 is 39.8. The number of carbonyl (C=O) groups is 1. The van der Waals surface area contributed by atoms with Gasteiger partial charge in [0.1, 0.15) is 6.67 Å². The standard InChI is InChI=1S/C27H36FN3O3S/c1-4-12-31(35(3,33)34)24-15-21(10-11-22-13-19(22)2)14-23(17-24)27(32)30-26(25(29)18-28)16-20-8-6-5-7-9-20/h5-11,14-15,17,19,22,25-26H,4,12-13,16,18,29H2,1-3H3,(H,30,32)/t19?,22?,25-,26-/m0/s1. The number of carbonyl (C=O) groups excluding carboxylic acids is 1. The SMILES string of the molecule is CCCN(c1cc(C=CC2CC2C)cc(C(=O)N[C@@H](Cc2ccccc2)[C@@H](N)CF)c1)S(C)(=O)=O. The number of hydrogen-bond acceptors (Lipinski definition) is 4. The van der Waals surface area contributed by atoms with Gasteiger partial charge in [0, 0.05) is 12.1 Å². The summed E-state index contributed by atoms with van der Waals surface area (Å²) in [4.78, 5) is 13.3. The van der Waals surface area contributed by atoms with E-state index in [9.17, 15) is 17.6 Å². The van der Waals surface area contributed by atoms with E-state index in [0.29, 0.717) is 42.5 Å². The number of anilines is 1. The number of nitrogens with zero attached hydrogens (tertiary/aromatic N) is 1. The predicted octanol–water partition coefficient (Wildman–Crippen LogP) is 4.17. The van der Waals surface area contributed by atoms with Crippen LogP contribution in [0.2, 0.25) is 0 Å². The van der Waals surface area contributed by atoms with Crippen molar-refractivity contribution < 1.29 is 17.6 Å². The zero-order valence-corrected chi connectivity index (χ0v) is 21.5. The lowest BCUT2D eigenvalue weighted by Crippen LogP contribution is -2.50. The second-order valence-corrected chi connectivity index (χ2v) is 11.4. The maximum Gasteiger partial charge on any atom is 0.251 e. The number of sulfonamides is 1. The zero-order valence-electron chi connectivity index (χ0n) is 20.7. The summed E-state index contributed by atoms with van der Waals surface area (Å²) in [5.74, 6) is 0.706. The van der Waals surface area contributed by atoms with Crippen molar-refractivity contribution in [2.24, 2.45) is 17.6 Å². The smallest absolute Gasteiger partial charge is 0.251 e. The van der Waals surface area contributed by atoms with Crippen LogP contribution < -0.4 is 15.4 Å². The lowest BCUT2D eigenvalue weighted by molar-refractivity contribution is 0.0928. The Kier molecular flexibility index (Phi) is 9.08. The van der Waals surface area contributed by atoms with Gasteiger partial charge < -0.3 is 11.1 Å². The molecule has 8 heteroatoms. The van der Waals surface area contributed by atoms with E-state index in [1.54, 1.807) is 18.2 Å². The highest BCUT2D eigenvalue weighted by atomic mass is 32.2. The van der Waals surface area contributed by atoms with Gasteiger partial charge in [0.05, 0.1) is 24.0 Å². The summed E-state index contributed by atoms with van der Waals surface area (Å²) in [6, 6.07) is 13.1. The van der Waals surface area contributed by atoms with Gasteiger partial charge in [0.15, 0.2) is 0 Å². The van der Waals surface area contributed by atoms with Crippen LogP contribution in [-0.4, -0.2) is 45.9 Å². The first kappa shape index (κ1) is 26.9. The van der Waals surface area contributed by atoms with Crippen LogP contribution in [0.5, 0.6) is 0 Å². The molecule has 0 spiro atoms. The van der Waals surface area contributed by atoms with E-state index in [0.717, 1.165) is 23.8 Å². The van der Waals surface area contributed by atoms with Crippen molar-refractivity contribution in [3.8, 4) is 0 Å². The number of hydrogen-bond donors (Lipinski definition) is 2. The molecule has 0 heterocycles. The predicted molar refractivity (Wildman–Crippen MR) is 141 cm³/mol. The number of alkyl halides is 1. The van der Waals surface area contributed by atoms with E-state index in [-0.39, 0.29) is 0 Å². The summed E-state index contributed by atoms with van der Waals surface area (Å²) in [7, 11) is -3.54. The van der Waals surface area contributed by atoms with Gasteiger partial charge in [-0.25, -0.2) is 12.8 Å². The maximum absolute atomic E-state index is 13.5. The van der Waals surface area contributed by atoms with Crippen LogP contribution in [0.3, 0.4) is 0 Å². The van der Waals surface area contributed by atoms with Crippen molar-refractivity contribution in [3.63, 3.8) is 0 Å². The Labute approximate surface area is 208 Å². The Morgan fingerprint density at radius 2 is 1.94 bits per heavy atom. The fraction of sp³-hybridized carbons (Fsp3) is 0.444. The van der Waals surface area contributed by atoms with Gasteiger partial charge in [-0.05, 0) is 60.4 Å². The Morgan fingerprint density at radius 3 is 2.51 bits per heavy atom. The monoisotopic (exact) mass is 501 g/mol. The van der Waals surface area contributed by atoms with E-state index >= 15 is 0 Å². The molecule has 3 N–H and O–H groups in total. The third-order valence-electron chi connectivity index (χ3n) is 6.33. The highest BCUT2D eigenvalue weighted by Crippen LogP contribution is 2.39. The summed E-state index contributed by atoms with van der Waals surface area (Å²) >= 11 is 0. The zero-order chi connectivity index (χ0) is 25.6. The van der Waals surface area contributed by atoms with Crippen LogP contribution in [0, 0.1) is 11.8 Å². The van der Waals surface area contributed by atoms with E-state index in [1.807, 2.05) is 43.3 Å². The molecule has 0 aromatic heterocycles. The van der Waals surface area contributed by atoms with Gasteiger partial charge in [0.25, 0.3) is 5.91 Å². The average molecular weight is 502 g/mol. The summed E-state index contributed by atoms with van der Waals surface area (Å²) in [5, 5.41) is 2.88. The number of rotatable bonds is 12. The maximum atomic E-state index is 13.5. The average Bonchev–Trinajstić information content (AvgIpc) is 3.54. The van der Waals surface area contributed by atoms with Crippen molar-refractivity contribution in [1.82, 2.24) is 5.32 Å². The molecule has 0 radical (unpaired) electrons. The Balaban J connectivity index is 1.93. The molecule has 6 nitrogen and oxygen atoms in total. The molecular weight excluding hydrogens is 465 g/mol. The summed E-state index contributed by atoms with van der Waals surface area (Å²) in [6.45, 7) is 3.61. The van der Waals surface area contributed by atoms with E-state index in [4.69, 9.17) is 5.73 Å². The van der Waals surface area contributed by atoms with Crippen LogP contribution in [0.1, 0.15) is 48.2 Å². The number of benzene rings is 2. The molecule has 3 rings (SSSR count). The highest BCUT2D eigenvalue weighted by molar-refractivity contribution is 7.92. The third kappa shape index (κ3) is 7.64. The van der Waals surface area contributed by atoms with E-state index < -0.39 is 34.7 Å². The Bertz CT molecular complexity index is 1140. The van der Waals surface area contributed by atoms with Gasteiger partial charge in [-0.15, -0.1) is 0 Å². The lowest BCUT2D eigenvalue weighted by Gasteiger charge is -2.25. The number of halogens is 1. The molecule has 2 unspecified atom stereocenters. The van der Waals surface area contributed by atoms with Gasteiger partial charge in [-0.2, -0.15) is 0 Å². The minimum Gasteiger partial charge on any atom is -0.347 e. The van der Waals surface area contributed by atoms with E-state index in [1.165, 1.54) is 4.31 Å². The minimum atomic E-state index is -3.54. The summed E-state index contributed by atoms with van der Waals surface area (Å²) in [6.07, 6.45) is 7.33. The number of allylic oxidation sites excluding steroid dienone is 1. The molecule has 0 bridgehead atoms. The molecule has 4 atom stereocenters. The first-order valence-electron chi connectivity index (χ1n) is 12.1. The normalized spacial score (nSPS) is 19.3. The molecule has 1 saturated carbocycles. The molecule has 190 valence electrons. The topological polar surface area (TPSA) is 92.5 Å². The van der Waals surface area contributed by atoms with Crippen molar-refractivity contribution in [1.29, 1.82) is 0 Å². The van der Waals surface area contributed by atoms with Crippen molar-refractivity contribution in [2.75, 3.05) is 23.8 Å². The molecule has 2 aromatic carbocycles. The molecule has 1 amide bonds. The quantitative estimate of drug-likeness (QED) is 0.457. The van der Waals surface area contributed by atoms with Crippen LogP contribution in [0.4, 0.5) is 10.1 Å². The Hall–Kier alpha value is -2.71. The first-order chi connectivity index (χ1) is 16.6. The lowest BCUT2D eigenvalue weighted by atomic mass is 9.99. The van der Waals surface area contributed by atoms with E-state index in [2.05, 4.69) is 18.3 Å².